The van der Waals surface area contributed by atoms with Crippen molar-refractivity contribution in [2.45, 2.75) is 6.92 Å². The smallest absolute Gasteiger partial charge is 0.259 e. The van der Waals surface area contributed by atoms with Crippen LogP contribution in [0.1, 0.15) is 15.9 Å². The van der Waals surface area contributed by atoms with Crippen LogP contribution in [0, 0.1) is 6.92 Å². The van der Waals surface area contributed by atoms with Crippen LogP contribution in [0.5, 0.6) is 5.75 Å². The maximum atomic E-state index is 12.3. The van der Waals surface area contributed by atoms with E-state index in [1.165, 1.54) is 4.90 Å². The van der Waals surface area contributed by atoms with Crippen molar-refractivity contribution in [1.29, 1.82) is 0 Å². The maximum absolute atomic E-state index is 12.3. The first-order valence-corrected chi connectivity index (χ1v) is 5.59. The summed E-state index contributed by atoms with van der Waals surface area (Å²) in [5, 5.41) is 9.61. The lowest BCUT2D eigenvalue weighted by atomic mass is 10.1. The number of aromatic hydroxyl groups is 1. The molecule has 0 radical (unpaired) electrons. The highest BCUT2D eigenvalue weighted by Crippen LogP contribution is 2.22. The Balaban J connectivity index is 2.35. The van der Waals surface area contributed by atoms with Gasteiger partial charge in [-0.3, -0.25) is 9.69 Å². The Hall–Kier alpha value is -2.36. The van der Waals surface area contributed by atoms with Gasteiger partial charge in [-0.1, -0.05) is 12.1 Å². The Bertz CT molecular complexity index is 567. The molecule has 1 aromatic carbocycles. The average molecular weight is 242 g/mol. The number of phenols is 1. The van der Waals surface area contributed by atoms with Crippen molar-refractivity contribution in [2.24, 2.45) is 0 Å². The summed E-state index contributed by atoms with van der Waals surface area (Å²) in [6.07, 6.45) is 1.63. The SMILES string of the molecule is Cc1c(O)cccc1C(=O)N(C)c1ccccn1. The molecule has 2 aromatic rings. The number of benzene rings is 1. The molecule has 1 heterocycles. The zero-order chi connectivity index (χ0) is 13.1. The third-order valence-corrected chi connectivity index (χ3v) is 2.83. The molecule has 4 heteroatoms. The van der Waals surface area contributed by atoms with Crippen molar-refractivity contribution in [3.05, 3.63) is 53.7 Å². The predicted molar refractivity (Wildman–Crippen MR) is 69.8 cm³/mol. The first-order chi connectivity index (χ1) is 8.61. The monoisotopic (exact) mass is 242 g/mol. The Labute approximate surface area is 106 Å². The third kappa shape index (κ3) is 2.18. The van der Waals surface area contributed by atoms with Crippen molar-refractivity contribution in [3.63, 3.8) is 0 Å². The van der Waals surface area contributed by atoms with Gasteiger partial charge in [0.25, 0.3) is 5.91 Å². The van der Waals surface area contributed by atoms with Crippen LogP contribution in [0.25, 0.3) is 0 Å². The second-order valence-electron chi connectivity index (χ2n) is 4.00. The minimum absolute atomic E-state index is 0.121. The van der Waals surface area contributed by atoms with Gasteiger partial charge in [-0.25, -0.2) is 4.98 Å². The Morgan fingerprint density at radius 2 is 2.00 bits per heavy atom. The van der Waals surface area contributed by atoms with Crippen LogP contribution in [-0.4, -0.2) is 23.0 Å². The van der Waals surface area contributed by atoms with Crippen molar-refractivity contribution in [1.82, 2.24) is 4.98 Å². The highest BCUT2D eigenvalue weighted by atomic mass is 16.3. The number of carbonyl (C=O) groups is 1. The van der Waals surface area contributed by atoms with E-state index in [1.54, 1.807) is 50.5 Å². The average Bonchev–Trinajstić information content (AvgIpc) is 2.41. The summed E-state index contributed by atoms with van der Waals surface area (Å²) in [7, 11) is 1.66. The first kappa shape index (κ1) is 12.1. The number of nitrogens with zero attached hydrogens (tertiary/aromatic N) is 2. The largest absolute Gasteiger partial charge is 0.508 e. The number of rotatable bonds is 2. The van der Waals surface area contributed by atoms with E-state index in [9.17, 15) is 9.90 Å². The molecule has 0 spiro atoms. The van der Waals surface area contributed by atoms with E-state index in [0.717, 1.165) is 0 Å². The number of anilines is 1. The molecular weight excluding hydrogens is 228 g/mol. The van der Waals surface area contributed by atoms with Gasteiger partial charge in [0.1, 0.15) is 11.6 Å². The molecule has 1 N–H and O–H groups in total. The molecule has 0 saturated heterocycles. The fraction of sp³-hybridized carbons (Fsp3) is 0.143. The Morgan fingerprint density at radius 1 is 1.22 bits per heavy atom. The highest BCUT2D eigenvalue weighted by Gasteiger charge is 2.17. The predicted octanol–water partition coefficient (Wildman–Crippen LogP) is 2.37. The topological polar surface area (TPSA) is 53.4 Å². The van der Waals surface area contributed by atoms with Crippen LogP contribution in [0.3, 0.4) is 0 Å². The van der Waals surface area contributed by atoms with Crippen LogP contribution in [-0.2, 0) is 0 Å². The highest BCUT2D eigenvalue weighted by molar-refractivity contribution is 6.06. The lowest BCUT2D eigenvalue weighted by Gasteiger charge is -2.17. The molecule has 0 aliphatic heterocycles. The summed E-state index contributed by atoms with van der Waals surface area (Å²) in [4.78, 5) is 17.9. The molecule has 0 bridgehead atoms. The molecule has 0 aliphatic carbocycles. The Kier molecular flexibility index (Phi) is 3.28. The maximum Gasteiger partial charge on any atom is 0.259 e. The fourth-order valence-corrected chi connectivity index (χ4v) is 1.69. The van der Waals surface area contributed by atoms with Gasteiger partial charge in [0, 0.05) is 24.4 Å². The van der Waals surface area contributed by atoms with Gasteiger partial charge in [0.2, 0.25) is 0 Å². The normalized spacial score (nSPS) is 10.1. The minimum Gasteiger partial charge on any atom is -0.508 e. The van der Waals surface area contributed by atoms with Crippen LogP contribution in [0.4, 0.5) is 5.82 Å². The molecule has 2 rings (SSSR count). The third-order valence-electron chi connectivity index (χ3n) is 2.83. The molecule has 1 aromatic heterocycles. The molecule has 0 fully saturated rings. The Morgan fingerprint density at radius 3 is 2.67 bits per heavy atom. The summed E-state index contributed by atoms with van der Waals surface area (Å²) in [6.45, 7) is 1.72. The molecule has 0 saturated carbocycles. The van der Waals surface area contributed by atoms with Gasteiger partial charge in [0.15, 0.2) is 0 Å². The fourth-order valence-electron chi connectivity index (χ4n) is 1.69. The first-order valence-electron chi connectivity index (χ1n) is 5.59. The van der Waals surface area contributed by atoms with E-state index in [4.69, 9.17) is 0 Å². The van der Waals surface area contributed by atoms with Crippen LogP contribution in [0.2, 0.25) is 0 Å². The van der Waals surface area contributed by atoms with Crippen LogP contribution >= 0.6 is 0 Å². The number of pyridine rings is 1. The molecule has 18 heavy (non-hydrogen) atoms. The van der Waals surface area contributed by atoms with E-state index in [0.29, 0.717) is 16.9 Å². The number of carbonyl (C=O) groups excluding carboxylic acids is 1. The standard InChI is InChI=1S/C14H14N2O2/c1-10-11(6-5-7-12(10)17)14(18)16(2)13-8-3-4-9-15-13/h3-9,17H,1-2H3. The van der Waals surface area contributed by atoms with Crippen LogP contribution in [0.15, 0.2) is 42.6 Å². The van der Waals surface area contributed by atoms with Gasteiger partial charge < -0.3 is 5.11 Å². The van der Waals surface area contributed by atoms with Gasteiger partial charge >= 0.3 is 0 Å². The molecule has 0 unspecified atom stereocenters. The second-order valence-corrected chi connectivity index (χ2v) is 4.00. The number of amides is 1. The summed E-state index contributed by atoms with van der Waals surface area (Å²) >= 11 is 0. The van der Waals surface area contributed by atoms with Crippen molar-refractivity contribution >= 4 is 11.7 Å². The number of hydrogen-bond donors (Lipinski definition) is 1. The molecule has 0 atom stereocenters. The van der Waals surface area contributed by atoms with Crippen LogP contribution < -0.4 is 4.90 Å². The van der Waals surface area contributed by atoms with Gasteiger partial charge in [-0.2, -0.15) is 0 Å². The second kappa shape index (κ2) is 4.87. The summed E-state index contributed by atoms with van der Waals surface area (Å²) in [5.74, 6) is 0.502. The number of phenolic OH excluding ortho intramolecular Hbond substituents is 1. The van der Waals surface area contributed by atoms with E-state index in [2.05, 4.69) is 4.98 Å². The summed E-state index contributed by atoms with van der Waals surface area (Å²) < 4.78 is 0. The zero-order valence-corrected chi connectivity index (χ0v) is 10.3. The van der Waals surface area contributed by atoms with Crippen molar-refractivity contribution in [3.8, 4) is 5.75 Å². The molecular formula is C14H14N2O2. The van der Waals surface area contributed by atoms with Gasteiger partial charge in [-0.05, 0) is 31.2 Å². The molecule has 0 aliphatic rings. The van der Waals surface area contributed by atoms with Crippen molar-refractivity contribution < 1.29 is 9.90 Å². The summed E-state index contributed by atoms with van der Waals surface area (Å²) in [5.41, 5.74) is 1.05. The molecule has 92 valence electrons. The quantitative estimate of drug-likeness (QED) is 0.879. The number of aromatic nitrogens is 1. The lowest BCUT2D eigenvalue weighted by molar-refractivity contribution is 0.0991. The summed E-state index contributed by atoms with van der Waals surface area (Å²) in [6, 6.07) is 10.3. The van der Waals surface area contributed by atoms with E-state index in [-0.39, 0.29) is 11.7 Å². The number of hydrogen-bond acceptors (Lipinski definition) is 3. The minimum atomic E-state index is -0.192. The zero-order valence-electron chi connectivity index (χ0n) is 10.3. The van der Waals surface area contributed by atoms with Crippen molar-refractivity contribution in [2.75, 3.05) is 11.9 Å². The van der Waals surface area contributed by atoms with E-state index >= 15 is 0 Å². The van der Waals surface area contributed by atoms with E-state index in [1.807, 2.05) is 6.07 Å². The molecule has 4 nitrogen and oxygen atoms in total. The van der Waals surface area contributed by atoms with E-state index < -0.39 is 0 Å². The van der Waals surface area contributed by atoms with Gasteiger partial charge in [0.05, 0.1) is 0 Å². The lowest BCUT2D eigenvalue weighted by Crippen LogP contribution is -2.27. The van der Waals surface area contributed by atoms with Gasteiger partial charge in [-0.15, -0.1) is 0 Å². The molecule has 1 amide bonds.